The first-order valence-corrected chi connectivity index (χ1v) is 11.8. The van der Waals surface area contributed by atoms with Crippen LogP contribution in [-0.2, 0) is 20.7 Å². The van der Waals surface area contributed by atoms with Gasteiger partial charge in [0.2, 0.25) is 5.91 Å². The third kappa shape index (κ3) is 5.01. The molecule has 0 fully saturated rings. The first-order valence-electron chi connectivity index (χ1n) is 10.6. The van der Waals surface area contributed by atoms with Crippen LogP contribution in [0.5, 0.6) is 11.5 Å². The summed E-state index contributed by atoms with van der Waals surface area (Å²) in [6.45, 7) is 2.11. The first-order chi connectivity index (χ1) is 16.4. The zero-order valence-corrected chi connectivity index (χ0v) is 20.5. The molecule has 178 valence electrons. The van der Waals surface area contributed by atoms with E-state index in [1.54, 1.807) is 49.6 Å². The molecule has 0 spiro atoms. The van der Waals surface area contributed by atoms with Crippen molar-refractivity contribution in [1.29, 1.82) is 0 Å². The molecular formula is C24H24ClN3O5S. The maximum atomic E-state index is 13.1. The molecule has 0 radical (unpaired) electrons. The SMILES string of the molecule is COCCc1nc(-c2ccc3c(c2)N(C(C)C(=O)Nc2cc(Cl)ccc2OC)C(=O)CO3)cs1. The molecule has 0 aliphatic carbocycles. The Morgan fingerprint density at radius 3 is 2.88 bits per heavy atom. The lowest BCUT2D eigenvalue weighted by Crippen LogP contribution is -2.49. The number of methoxy groups -OCH3 is 2. The lowest BCUT2D eigenvalue weighted by molar-refractivity contribution is -0.125. The number of nitrogens with zero attached hydrogens (tertiary/aromatic N) is 2. The Labute approximate surface area is 206 Å². The first kappa shape index (κ1) is 24.0. The van der Waals surface area contributed by atoms with Gasteiger partial charge in [0.05, 0.1) is 35.8 Å². The maximum absolute atomic E-state index is 13.1. The highest BCUT2D eigenvalue weighted by atomic mass is 35.5. The van der Waals surface area contributed by atoms with Gasteiger partial charge in [-0.05, 0) is 43.3 Å². The summed E-state index contributed by atoms with van der Waals surface area (Å²) >= 11 is 7.63. The molecule has 1 unspecified atom stereocenters. The highest BCUT2D eigenvalue weighted by Crippen LogP contribution is 2.38. The minimum atomic E-state index is -0.818. The van der Waals surface area contributed by atoms with E-state index in [4.69, 9.17) is 25.8 Å². The van der Waals surface area contributed by atoms with Crippen LogP contribution in [-0.4, -0.2) is 50.3 Å². The van der Waals surface area contributed by atoms with Crippen LogP contribution in [0.3, 0.4) is 0 Å². The highest BCUT2D eigenvalue weighted by Gasteiger charge is 2.34. The van der Waals surface area contributed by atoms with Crippen LogP contribution in [0.25, 0.3) is 11.3 Å². The third-order valence-electron chi connectivity index (χ3n) is 5.39. The number of halogens is 1. The van der Waals surface area contributed by atoms with Gasteiger partial charge < -0.3 is 19.5 Å². The molecule has 2 amide bonds. The number of rotatable bonds is 8. The summed E-state index contributed by atoms with van der Waals surface area (Å²) in [5.41, 5.74) is 2.55. The number of aromatic nitrogens is 1. The van der Waals surface area contributed by atoms with Crippen molar-refractivity contribution in [2.45, 2.75) is 19.4 Å². The number of hydrogen-bond acceptors (Lipinski definition) is 7. The fourth-order valence-corrected chi connectivity index (χ4v) is 4.60. The Kier molecular flexibility index (Phi) is 7.35. The molecule has 8 nitrogen and oxygen atoms in total. The van der Waals surface area contributed by atoms with E-state index in [1.165, 1.54) is 12.0 Å². The molecule has 1 aromatic heterocycles. The molecule has 3 aromatic rings. The lowest BCUT2D eigenvalue weighted by atomic mass is 10.1. The third-order valence-corrected chi connectivity index (χ3v) is 6.54. The number of nitrogens with one attached hydrogen (secondary N) is 1. The summed E-state index contributed by atoms with van der Waals surface area (Å²) in [6, 6.07) is 9.63. The van der Waals surface area contributed by atoms with Gasteiger partial charge in [-0.2, -0.15) is 0 Å². The predicted octanol–water partition coefficient (Wildman–Crippen LogP) is 4.41. The van der Waals surface area contributed by atoms with Gasteiger partial charge in [0, 0.05) is 29.5 Å². The summed E-state index contributed by atoms with van der Waals surface area (Å²) in [5.74, 6) is 0.291. The quantitative estimate of drug-likeness (QED) is 0.491. The smallest absolute Gasteiger partial charge is 0.265 e. The van der Waals surface area contributed by atoms with E-state index in [1.807, 2.05) is 17.5 Å². The number of carbonyl (C=O) groups excluding carboxylic acids is 2. The van der Waals surface area contributed by atoms with Gasteiger partial charge in [-0.15, -0.1) is 11.3 Å². The van der Waals surface area contributed by atoms with Gasteiger partial charge in [0.15, 0.2) is 6.61 Å². The van der Waals surface area contributed by atoms with E-state index >= 15 is 0 Å². The average molecular weight is 502 g/mol. The summed E-state index contributed by atoms with van der Waals surface area (Å²) < 4.78 is 16.1. The van der Waals surface area contributed by atoms with Crippen LogP contribution >= 0.6 is 22.9 Å². The van der Waals surface area contributed by atoms with E-state index < -0.39 is 6.04 Å². The number of fused-ring (bicyclic) bond motifs is 1. The van der Waals surface area contributed by atoms with E-state index in [-0.39, 0.29) is 18.4 Å². The Balaban J connectivity index is 1.61. The molecule has 0 saturated carbocycles. The van der Waals surface area contributed by atoms with E-state index in [0.29, 0.717) is 34.5 Å². The fourth-order valence-electron chi connectivity index (χ4n) is 3.64. The number of benzene rings is 2. The second-order valence-corrected chi connectivity index (χ2v) is 8.99. The number of amides is 2. The summed E-state index contributed by atoms with van der Waals surface area (Å²) in [7, 11) is 3.16. The van der Waals surface area contributed by atoms with Crippen molar-refractivity contribution in [2.75, 3.05) is 37.7 Å². The van der Waals surface area contributed by atoms with Gasteiger partial charge in [-0.1, -0.05) is 11.6 Å². The van der Waals surface area contributed by atoms with E-state index in [0.717, 1.165) is 22.7 Å². The molecule has 0 bridgehead atoms. The second-order valence-electron chi connectivity index (χ2n) is 7.61. The number of carbonyl (C=O) groups is 2. The van der Waals surface area contributed by atoms with Gasteiger partial charge in [0.1, 0.15) is 17.5 Å². The minimum Gasteiger partial charge on any atom is -0.495 e. The van der Waals surface area contributed by atoms with Crippen LogP contribution < -0.4 is 19.7 Å². The summed E-state index contributed by atoms with van der Waals surface area (Å²) in [4.78, 5) is 32.1. The number of thiazole rings is 1. The fraction of sp³-hybridized carbons (Fsp3) is 0.292. The summed E-state index contributed by atoms with van der Waals surface area (Å²) in [6.07, 6.45) is 0.726. The Bertz CT molecular complexity index is 1220. The molecule has 1 aliphatic heterocycles. The molecule has 2 aromatic carbocycles. The van der Waals surface area contributed by atoms with Crippen molar-refractivity contribution in [2.24, 2.45) is 0 Å². The van der Waals surface area contributed by atoms with Crippen molar-refractivity contribution >= 4 is 46.1 Å². The Morgan fingerprint density at radius 1 is 1.29 bits per heavy atom. The van der Waals surface area contributed by atoms with Crippen molar-refractivity contribution in [3.8, 4) is 22.8 Å². The standard InChI is InChI=1S/C24H24ClN3O5S/c1-14(24(30)27-17-11-16(25)5-7-20(17)32-3)28-19-10-15(4-6-21(19)33-12-23(28)29)18-13-34-22(26-18)8-9-31-2/h4-7,10-11,13-14H,8-9,12H2,1-3H3,(H,27,30). The number of hydrogen-bond donors (Lipinski definition) is 1. The molecule has 4 rings (SSSR count). The monoisotopic (exact) mass is 501 g/mol. The number of anilines is 2. The average Bonchev–Trinajstić information content (AvgIpc) is 3.31. The van der Waals surface area contributed by atoms with Crippen LogP contribution in [0, 0.1) is 0 Å². The Morgan fingerprint density at radius 2 is 2.12 bits per heavy atom. The highest BCUT2D eigenvalue weighted by molar-refractivity contribution is 7.09. The van der Waals surface area contributed by atoms with Crippen molar-refractivity contribution in [1.82, 2.24) is 4.98 Å². The zero-order chi connectivity index (χ0) is 24.2. The van der Waals surface area contributed by atoms with Gasteiger partial charge >= 0.3 is 0 Å². The van der Waals surface area contributed by atoms with Crippen molar-refractivity contribution in [3.05, 3.63) is 51.8 Å². The molecule has 1 atom stereocenters. The Hall–Kier alpha value is -3.14. The van der Waals surface area contributed by atoms with Gasteiger partial charge in [0.25, 0.3) is 5.91 Å². The largest absolute Gasteiger partial charge is 0.495 e. The molecule has 0 saturated heterocycles. The predicted molar refractivity (Wildman–Crippen MR) is 132 cm³/mol. The number of ether oxygens (including phenoxy) is 3. The van der Waals surface area contributed by atoms with E-state index in [9.17, 15) is 9.59 Å². The van der Waals surface area contributed by atoms with E-state index in [2.05, 4.69) is 10.3 Å². The van der Waals surface area contributed by atoms with Crippen LogP contribution in [0.1, 0.15) is 11.9 Å². The minimum absolute atomic E-state index is 0.150. The second kappa shape index (κ2) is 10.4. The molecule has 2 heterocycles. The molecule has 10 heteroatoms. The lowest BCUT2D eigenvalue weighted by Gasteiger charge is -2.33. The summed E-state index contributed by atoms with van der Waals surface area (Å²) in [5, 5.41) is 6.19. The normalized spacial score (nSPS) is 13.8. The van der Waals surface area contributed by atoms with Crippen LogP contribution in [0.2, 0.25) is 5.02 Å². The van der Waals surface area contributed by atoms with Crippen molar-refractivity contribution in [3.63, 3.8) is 0 Å². The molecular weight excluding hydrogens is 478 g/mol. The molecule has 1 N–H and O–H groups in total. The zero-order valence-electron chi connectivity index (χ0n) is 19.0. The van der Waals surface area contributed by atoms with Crippen LogP contribution in [0.15, 0.2) is 41.8 Å². The van der Waals surface area contributed by atoms with Crippen molar-refractivity contribution < 1.29 is 23.8 Å². The maximum Gasteiger partial charge on any atom is 0.265 e. The molecule has 34 heavy (non-hydrogen) atoms. The van der Waals surface area contributed by atoms with Gasteiger partial charge in [-0.3, -0.25) is 14.5 Å². The van der Waals surface area contributed by atoms with Gasteiger partial charge in [-0.25, -0.2) is 4.98 Å². The molecule has 1 aliphatic rings. The topological polar surface area (TPSA) is 90.0 Å². The van der Waals surface area contributed by atoms with Crippen LogP contribution in [0.4, 0.5) is 11.4 Å².